The summed E-state index contributed by atoms with van der Waals surface area (Å²) in [5.74, 6) is 5.75. The summed E-state index contributed by atoms with van der Waals surface area (Å²) in [6.45, 7) is 8.46. The van der Waals surface area contributed by atoms with Crippen LogP contribution in [0.1, 0.15) is 60.0 Å². The first-order chi connectivity index (χ1) is 17.1. The lowest BCUT2D eigenvalue weighted by atomic mass is 10.0. The van der Waals surface area contributed by atoms with Crippen LogP contribution in [0.4, 0.5) is 0 Å². The van der Waals surface area contributed by atoms with E-state index in [0.717, 1.165) is 62.7 Å². The molecule has 0 aromatic heterocycles. The molecule has 35 heavy (non-hydrogen) atoms. The SMILES string of the molecule is O=C1CCC(N2Cc3cc(C#CCCCN4CCN(C5CCNCC5)CC4)ccc3C2=O)C(=O)N1. The maximum atomic E-state index is 12.8. The number of carbonyl (C=O) groups is 3. The number of unbranched alkanes of at least 4 members (excludes halogenated alkanes) is 1. The molecule has 4 heterocycles. The molecule has 8 heteroatoms. The molecule has 4 aliphatic rings. The van der Waals surface area contributed by atoms with Gasteiger partial charge in [-0.2, -0.15) is 0 Å². The van der Waals surface area contributed by atoms with Gasteiger partial charge in [0.25, 0.3) is 5.91 Å². The molecule has 8 nitrogen and oxygen atoms in total. The number of carbonyl (C=O) groups excluding carboxylic acids is 3. The summed E-state index contributed by atoms with van der Waals surface area (Å²) in [5, 5.41) is 5.80. The van der Waals surface area contributed by atoms with Gasteiger partial charge in [-0.3, -0.25) is 24.6 Å². The number of hydrogen-bond donors (Lipinski definition) is 2. The molecule has 1 unspecified atom stereocenters. The Bertz CT molecular complexity index is 1030. The van der Waals surface area contributed by atoms with Gasteiger partial charge < -0.3 is 15.1 Å². The summed E-state index contributed by atoms with van der Waals surface area (Å²) in [5.41, 5.74) is 2.43. The highest BCUT2D eigenvalue weighted by Gasteiger charge is 2.39. The molecule has 0 radical (unpaired) electrons. The van der Waals surface area contributed by atoms with Gasteiger partial charge in [-0.05, 0) is 69.1 Å². The van der Waals surface area contributed by atoms with Crippen molar-refractivity contribution in [1.29, 1.82) is 0 Å². The molecule has 186 valence electrons. The van der Waals surface area contributed by atoms with Gasteiger partial charge in [0.05, 0.1) is 0 Å². The largest absolute Gasteiger partial charge is 0.322 e. The highest BCUT2D eigenvalue weighted by Crippen LogP contribution is 2.28. The predicted molar refractivity (Wildman–Crippen MR) is 133 cm³/mol. The van der Waals surface area contributed by atoms with Crippen LogP contribution in [0.2, 0.25) is 0 Å². The Balaban J connectivity index is 1.07. The third kappa shape index (κ3) is 5.58. The van der Waals surface area contributed by atoms with Crippen molar-refractivity contribution in [2.24, 2.45) is 0 Å². The highest BCUT2D eigenvalue weighted by molar-refractivity contribution is 6.05. The summed E-state index contributed by atoms with van der Waals surface area (Å²) in [6, 6.07) is 5.85. The van der Waals surface area contributed by atoms with E-state index in [0.29, 0.717) is 18.5 Å². The first-order valence-electron chi connectivity index (χ1n) is 13.0. The number of rotatable bonds is 5. The lowest BCUT2D eigenvalue weighted by molar-refractivity contribution is -0.136. The second-order valence-electron chi connectivity index (χ2n) is 10.0. The van der Waals surface area contributed by atoms with Crippen molar-refractivity contribution in [3.8, 4) is 11.8 Å². The van der Waals surface area contributed by atoms with Crippen molar-refractivity contribution in [1.82, 2.24) is 25.3 Å². The van der Waals surface area contributed by atoms with Gasteiger partial charge >= 0.3 is 0 Å². The number of nitrogens with zero attached hydrogens (tertiary/aromatic N) is 3. The van der Waals surface area contributed by atoms with Gasteiger partial charge in [0.1, 0.15) is 6.04 Å². The van der Waals surface area contributed by atoms with Crippen LogP contribution in [0.5, 0.6) is 0 Å². The van der Waals surface area contributed by atoms with Gasteiger partial charge in [0, 0.05) is 62.7 Å². The van der Waals surface area contributed by atoms with Gasteiger partial charge in [0.2, 0.25) is 11.8 Å². The van der Waals surface area contributed by atoms with Crippen molar-refractivity contribution < 1.29 is 14.4 Å². The molecule has 1 aromatic rings. The summed E-state index contributed by atoms with van der Waals surface area (Å²) in [7, 11) is 0. The van der Waals surface area contributed by atoms with Crippen LogP contribution >= 0.6 is 0 Å². The average molecular weight is 478 g/mol. The molecule has 1 aromatic carbocycles. The van der Waals surface area contributed by atoms with E-state index < -0.39 is 6.04 Å². The second-order valence-corrected chi connectivity index (χ2v) is 10.0. The van der Waals surface area contributed by atoms with Crippen LogP contribution in [0.3, 0.4) is 0 Å². The lowest BCUT2D eigenvalue weighted by Gasteiger charge is -2.40. The summed E-state index contributed by atoms with van der Waals surface area (Å²) in [6.07, 6.45) is 5.12. The monoisotopic (exact) mass is 477 g/mol. The molecule has 3 saturated heterocycles. The summed E-state index contributed by atoms with van der Waals surface area (Å²) < 4.78 is 0. The molecule has 4 aliphatic heterocycles. The number of hydrogen-bond acceptors (Lipinski definition) is 6. The molecule has 3 fully saturated rings. The number of piperazine rings is 1. The molecule has 0 saturated carbocycles. The molecule has 2 N–H and O–H groups in total. The summed E-state index contributed by atoms with van der Waals surface area (Å²) in [4.78, 5) is 43.3. The number of benzene rings is 1. The zero-order chi connectivity index (χ0) is 24.2. The molecule has 1 atom stereocenters. The fourth-order valence-corrected chi connectivity index (χ4v) is 5.73. The zero-order valence-corrected chi connectivity index (χ0v) is 20.4. The van der Waals surface area contributed by atoms with Crippen molar-refractivity contribution in [2.75, 3.05) is 45.8 Å². The molecule has 3 amide bonds. The highest BCUT2D eigenvalue weighted by atomic mass is 16.2. The normalized spacial score (nSPS) is 24.2. The Hall–Kier alpha value is -2.73. The van der Waals surface area contributed by atoms with Crippen molar-refractivity contribution in [3.05, 3.63) is 34.9 Å². The van der Waals surface area contributed by atoms with Gasteiger partial charge in [-0.25, -0.2) is 0 Å². The van der Waals surface area contributed by atoms with Crippen molar-refractivity contribution in [2.45, 2.75) is 57.2 Å². The Morgan fingerprint density at radius 3 is 2.57 bits per heavy atom. The molecular formula is C27H35N5O3. The van der Waals surface area contributed by atoms with Crippen LogP contribution in [-0.4, -0.2) is 90.3 Å². The number of amides is 3. The first kappa shape index (κ1) is 24.0. The minimum absolute atomic E-state index is 0.144. The second kappa shape index (κ2) is 10.9. The van der Waals surface area contributed by atoms with E-state index in [9.17, 15) is 14.4 Å². The van der Waals surface area contributed by atoms with Crippen molar-refractivity contribution in [3.63, 3.8) is 0 Å². The van der Waals surface area contributed by atoms with Crippen LogP contribution < -0.4 is 10.6 Å². The van der Waals surface area contributed by atoms with Gasteiger partial charge in [-0.1, -0.05) is 11.8 Å². The van der Waals surface area contributed by atoms with Gasteiger partial charge in [0.15, 0.2) is 0 Å². The topological polar surface area (TPSA) is 85.0 Å². The fraction of sp³-hybridized carbons (Fsp3) is 0.593. The quantitative estimate of drug-likeness (QED) is 0.373. The molecule has 5 rings (SSSR count). The van der Waals surface area contributed by atoms with Crippen LogP contribution in [0.25, 0.3) is 0 Å². The standard InChI is InChI=1S/C27H35N5O3/c33-25-8-7-24(26(34)29-25)32-19-21-18-20(5-6-23(21)27(32)35)4-2-1-3-13-30-14-16-31(17-15-30)22-9-11-28-12-10-22/h5-6,18,22,24,28H,1,3,7-17,19H2,(H,29,33,34). The predicted octanol–water partition coefficient (Wildman–Crippen LogP) is 0.949. The molecule has 0 spiro atoms. The first-order valence-corrected chi connectivity index (χ1v) is 13.0. The van der Waals surface area contributed by atoms with Crippen LogP contribution in [0, 0.1) is 11.8 Å². The van der Waals surface area contributed by atoms with Crippen LogP contribution in [-0.2, 0) is 16.1 Å². The Morgan fingerprint density at radius 2 is 1.80 bits per heavy atom. The van der Waals surface area contributed by atoms with Gasteiger partial charge in [-0.15, -0.1) is 0 Å². The lowest BCUT2D eigenvalue weighted by Crippen LogP contribution is -2.52. The van der Waals surface area contributed by atoms with E-state index in [1.54, 1.807) is 4.90 Å². The third-order valence-corrected chi connectivity index (χ3v) is 7.76. The minimum atomic E-state index is -0.580. The maximum Gasteiger partial charge on any atom is 0.255 e. The van der Waals surface area contributed by atoms with E-state index in [1.807, 2.05) is 18.2 Å². The smallest absolute Gasteiger partial charge is 0.255 e. The zero-order valence-electron chi connectivity index (χ0n) is 20.4. The maximum absolute atomic E-state index is 12.8. The van der Waals surface area contributed by atoms with E-state index in [4.69, 9.17) is 0 Å². The minimum Gasteiger partial charge on any atom is -0.322 e. The number of piperidine rings is 2. The third-order valence-electron chi connectivity index (χ3n) is 7.76. The van der Waals surface area contributed by atoms with E-state index >= 15 is 0 Å². The number of nitrogens with one attached hydrogen (secondary N) is 2. The van der Waals surface area contributed by atoms with E-state index in [1.165, 1.54) is 25.9 Å². The molecule has 0 bridgehead atoms. The van der Waals surface area contributed by atoms with Crippen molar-refractivity contribution >= 4 is 17.7 Å². The Kier molecular flexibility index (Phi) is 7.47. The Morgan fingerprint density at radius 1 is 1.00 bits per heavy atom. The molecular weight excluding hydrogens is 442 g/mol. The number of fused-ring (bicyclic) bond motifs is 1. The molecule has 0 aliphatic carbocycles. The summed E-state index contributed by atoms with van der Waals surface area (Å²) >= 11 is 0. The average Bonchev–Trinajstić information content (AvgIpc) is 3.20. The van der Waals surface area contributed by atoms with Crippen LogP contribution in [0.15, 0.2) is 18.2 Å². The van der Waals surface area contributed by atoms with E-state index in [-0.39, 0.29) is 24.1 Å². The number of imide groups is 1. The van der Waals surface area contributed by atoms with E-state index in [2.05, 4.69) is 32.3 Å². The fourth-order valence-electron chi connectivity index (χ4n) is 5.73. The Labute approximate surface area is 207 Å².